The summed E-state index contributed by atoms with van der Waals surface area (Å²) in [4.78, 5) is 14.1. The molecular formula is C8H8F2N2O. The third-order valence-corrected chi connectivity index (χ3v) is 1.52. The van der Waals surface area contributed by atoms with E-state index >= 15 is 0 Å². The van der Waals surface area contributed by atoms with Gasteiger partial charge in [-0.3, -0.25) is 9.78 Å². The second-order valence-corrected chi connectivity index (χ2v) is 2.68. The van der Waals surface area contributed by atoms with Crippen molar-refractivity contribution in [1.82, 2.24) is 4.98 Å². The summed E-state index contributed by atoms with van der Waals surface area (Å²) in [5, 5.41) is 0. The molecule has 2 N–H and O–H groups in total. The number of hydrogen-bond donors (Lipinski definition) is 1. The Labute approximate surface area is 73.6 Å². The third-order valence-electron chi connectivity index (χ3n) is 1.52. The monoisotopic (exact) mass is 186 g/mol. The van der Waals surface area contributed by atoms with E-state index in [2.05, 4.69) is 4.98 Å². The molecule has 5 heteroatoms. The lowest BCUT2D eigenvalue weighted by Crippen LogP contribution is -2.15. The number of nitrogens with two attached hydrogens (primary N) is 1. The molecule has 0 aliphatic heterocycles. The van der Waals surface area contributed by atoms with Gasteiger partial charge in [0.05, 0.1) is 0 Å². The van der Waals surface area contributed by atoms with Crippen LogP contribution >= 0.6 is 0 Å². The van der Waals surface area contributed by atoms with E-state index in [0.717, 1.165) is 25.3 Å². The molecule has 13 heavy (non-hydrogen) atoms. The molecule has 0 bridgehead atoms. The minimum absolute atomic E-state index is 0.154. The Kier molecular flexibility index (Phi) is 2.27. The molecule has 0 aliphatic carbocycles. The predicted octanol–water partition coefficient (Wildman–Crippen LogP) is 1.29. The molecule has 1 rings (SSSR count). The highest BCUT2D eigenvalue weighted by Crippen LogP contribution is 2.26. The van der Waals surface area contributed by atoms with E-state index in [4.69, 9.17) is 5.73 Å². The first-order chi connectivity index (χ1) is 5.91. The highest BCUT2D eigenvalue weighted by Gasteiger charge is 2.24. The van der Waals surface area contributed by atoms with Gasteiger partial charge in [-0.1, -0.05) is 0 Å². The molecule has 1 amide bonds. The number of carbonyl (C=O) groups excluding carboxylic acids is 1. The van der Waals surface area contributed by atoms with Gasteiger partial charge in [-0.15, -0.1) is 0 Å². The molecule has 3 nitrogen and oxygen atoms in total. The van der Waals surface area contributed by atoms with Gasteiger partial charge in [0, 0.05) is 18.7 Å². The second-order valence-electron chi connectivity index (χ2n) is 2.68. The number of alkyl halides is 2. The zero-order chi connectivity index (χ0) is 10.1. The lowest BCUT2D eigenvalue weighted by molar-refractivity contribution is 0.0173. The van der Waals surface area contributed by atoms with Crippen LogP contribution in [-0.2, 0) is 5.92 Å². The molecule has 1 aromatic rings. The SMILES string of the molecule is CC(F)(F)c1ccnc(C(N)=O)c1. The lowest BCUT2D eigenvalue weighted by Gasteiger charge is -2.09. The Morgan fingerprint density at radius 1 is 1.62 bits per heavy atom. The average molecular weight is 186 g/mol. The topological polar surface area (TPSA) is 56.0 Å². The van der Waals surface area contributed by atoms with Crippen LogP contribution in [0, 0.1) is 0 Å². The number of halogens is 2. The van der Waals surface area contributed by atoms with Crippen LogP contribution in [0.3, 0.4) is 0 Å². The predicted molar refractivity (Wildman–Crippen MR) is 42.3 cm³/mol. The number of nitrogens with zero attached hydrogens (tertiary/aromatic N) is 1. The number of pyridine rings is 1. The largest absolute Gasteiger partial charge is 0.364 e. The maximum absolute atomic E-state index is 12.7. The van der Waals surface area contributed by atoms with Gasteiger partial charge < -0.3 is 5.73 Å². The smallest absolute Gasteiger partial charge is 0.270 e. The summed E-state index contributed by atoms with van der Waals surface area (Å²) < 4.78 is 25.4. The maximum Gasteiger partial charge on any atom is 0.270 e. The minimum atomic E-state index is -2.98. The average Bonchev–Trinajstić information content (AvgIpc) is 2.03. The van der Waals surface area contributed by atoms with Gasteiger partial charge in [0.2, 0.25) is 0 Å². The van der Waals surface area contributed by atoms with Gasteiger partial charge in [-0.05, 0) is 12.1 Å². The van der Waals surface area contributed by atoms with Crippen molar-refractivity contribution in [1.29, 1.82) is 0 Å². The van der Waals surface area contributed by atoms with Crippen molar-refractivity contribution in [3.63, 3.8) is 0 Å². The standard InChI is InChI=1S/C8H8F2N2O/c1-8(9,10)5-2-3-12-6(4-5)7(11)13/h2-4H,1H3,(H2,11,13). The fraction of sp³-hybridized carbons (Fsp3) is 0.250. The molecule has 0 aromatic carbocycles. The summed E-state index contributed by atoms with van der Waals surface area (Å²) in [6, 6.07) is 2.13. The van der Waals surface area contributed by atoms with Crippen LogP contribution < -0.4 is 5.73 Å². The third kappa shape index (κ3) is 2.21. The molecule has 0 atom stereocenters. The Balaban J connectivity index is 3.13. The van der Waals surface area contributed by atoms with Gasteiger partial charge in [0.15, 0.2) is 0 Å². The van der Waals surface area contributed by atoms with Gasteiger partial charge in [0.25, 0.3) is 11.8 Å². The molecule has 1 aromatic heterocycles. The van der Waals surface area contributed by atoms with Crippen LogP contribution in [-0.4, -0.2) is 10.9 Å². The molecule has 0 radical (unpaired) electrons. The molecular weight excluding hydrogens is 178 g/mol. The summed E-state index contributed by atoms with van der Waals surface area (Å²) in [6.07, 6.45) is 1.13. The zero-order valence-corrected chi connectivity index (χ0v) is 6.92. The van der Waals surface area contributed by atoms with Crippen molar-refractivity contribution in [3.05, 3.63) is 29.6 Å². The summed E-state index contributed by atoms with van der Waals surface area (Å²) >= 11 is 0. The number of primary amides is 1. The van der Waals surface area contributed by atoms with Crippen molar-refractivity contribution in [2.75, 3.05) is 0 Å². The van der Waals surface area contributed by atoms with Gasteiger partial charge in [-0.25, -0.2) is 8.78 Å². The Hall–Kier alpha value is -1.52. The molecule has 0 aliphatic rings. The molecule has 0 spiro atoms. The van der Waals surface area contributed by atoms with E-state index in [0.29, 0.717) is 0 Å². The van der Waals surface area contributed by atoms with Crippen molar-refractivity contribution in [2.24, 2.45) is 5.73 Å². The normalized spacial score (nSPS) is 11.3. The number of amides is 1. The van der Waals surface area contributed by atoms with Crippen molar-refractivity contribution in [2.45, 2.75) is 12.8 Å². The van der Waals surface area contributed by atoms with Gasteiger partial charge in [-0.2, -0.15) is 0 Å². The number of carbonyl (C=O) groups is 1. The Bertz CT molecular complexity index is 333. The molecule has 0 saturated heterocycles. The number of hydrogen-bond acceptors (Lipinski definition) is 2. The zero-order valence-electron chi connectivity index (χ0n) is 6.92. The van der Waals surface area contributed by atoms with Crippen molar-refractivity contribution < 1.29 is 13.6 Å². The first kappa shape index (κ1) is 9.57. The first-order valence-corrected chi connectivity index (χ1v) is 3.55. The molecule has 0 saturated carbocycles. The lowest BCUT2D eigenvalue weighted by atomic mass is 10.1. The molecule has 0 fully saturated rings. The van der Waals surface area contributed by atoms with Crippen LogP contribution in [0.1, 0.15) is 23.0 Å². The fourth-order valence-corrected chi connectivity index (χ4v) is 0.838. The van der Waals surface area contributed by atoms with Gasteiger partial charge in [0.1, 0.15) is 5.69 Å². The number of aromatic nitrogens is 1. The Morgan fingerprint density at radius 2 is 2.23 bits per heavy atom. The van der Waals surface area contributed by atoms with Crippen molar-refractivity contribution >= 4 is 5.91 Å². The van der Waals surface area contributed by atoms with E-state index in [1.54, 1.807) is 0 Å². The maximum atomic E-state index is 12.7. The first-order valence-electron chi connectivity index (χ1n) is 3.55. The second kappa shape index (κ2) is 3.08. The number of rotatable bonds is 2. The Morgan fingerprint density at radius 3 is 2.69 bits per heavy atom. The molecule has 0 unspecified atom stereocenters. The fourth-order valence-electron chi connectivity index (χ4n) is 0.838. The minimum Gasteiger partial charge on any atom is -0.364 e. The molecule has 1 heterocycles. The summed E-state index contributed by atoms with van der Waals surface area (Å²) in [7, 11) is 0. The van der Waals surface area contributed by atoms with E-state index in [1.165, 1.54) is 0 Å². The van der Waals surface area contributed by atoms with Crippen LogP contribution in [0.15, 0.2) is 18.3 Å². The van der Waals surface area contributed by atoms with E-state index in [-0.39, 0.29) is 11.3 Å². The summed E-state index contributed by atoms with van der Waals surface area (Å²) in [6.45, 7) is 0.743. The van der Waals surface area contributed by atoms with Crippen LogP contribution in [0.25, 0.3) is 0 Å². The van der Waals surface area contributed by atoms with Crippen LogP contribution in [0.4, 0.5) is 8.78 Å². The highest BCUT2D eigenvalue weighted by atomic mass is 19.3. The van der Waals surface area contributed by atoms with Crippen LogP contribution in [0.2, 0.25) is 0 Å². The molecule has 70 valence electrons. The quantitative estimate of drug-likeness (QED) is 0.756. The van der Waals surface area contributed by atoms with E-state index < -0.39 is 11.8 Å². The van der Waals surface area contributed by atoms with Gasteiger partial charge >= 0.3 is 0 Å². The highest BCUT2D eigenvalue weighted by molar-refractivity contribution is 5.90. The van der Waals surface area contributed by atoms with Crippen LogP contribution in [0.5, 0.6) is 0 Å². The van der Waals surface area contributed by atoms with E-state index in [1.807, 2.05) is 0 Å². The van der Waals surface area contributed by atoms with Crippen molar-refractivity contribution in [3.8, 4) is 0 Å². The summed E-state index contributed by atoms with van der Waals surface area (Å²) in [5.74, 6) is -3.79. The summed E-state index contributed by atoms with van der Waals surface area (Å²) in [5.41, 5.74) is 4.46. The van der Waals surface area contributed by atoms with E-state index in [9.17, 15) is 13.6 Å².